The fraction of sp³-hybridized carbons (Fsp3) is 0.412. The first-order chi connectivity index (χ1) is 11.0. The molecule has 6 nitrogen and oxygen atoms in total. The molecule has 3 N–H and O–H groups in total. The van der Waals surface area contributed by atoms with E-state index < -0.39 is 0 Å². The number of nitrogens with one attached hydrogen (secondary N) is 1. The van der Waals surface area contributed by atoms with E-state index in [-0.39, 0.29) is 17.7 Å². The van der Waals surface area contributed by atoms with Gasteiger partial charge in [0.05, 0.1) is 5.92 Å². The van der Waals surface area contributed by atoms with Gasteiger partial charge in [0.25, 0.3) is 0 Å². The van der Waals surface area contributed by atoms with Gasteiger partial charge in [0, 0.05) is 51.4 Å². The highest BCUT2D eigenvalue weighted by atomic mass is 16.2. The largest absolute Gasteiger partial charge is 0.369 e. The Balaban J connectivity index is 1.75. The summed E-state index contributed by atoms with van der Waals surface area (Å²) >= 11 is 0. The Bertz CT molecular complexity index is 724. The standard InChI is InChI=1S/C17H22N4O2/c1-12(22)21-7-6-20(10-15(11-21)17(18)23)9-13-2-3-14-4-5-19-16(14)8-13/h2-5,8,15,19H,6-7,9-11H2,1H3,(H2,18,23). The molecule has 0 aliphatic carbocycles. The molecule has 1 atom stereocenters. The molecule has 6 heteroatoms. The first kappa shape index (κ1) is 15.6. The van der Waals surface area contributed by atoms with E-state index in [4.69, 9.17) is 5.73 Å². The molecule has 1 aromatic carbocycles. The molecular weight excluding hydrogens is 292 g/mol. The Kier molecular flexibility index (Phi) is 4.34. The smallest absolute Gasteiger partial charge is 0.223 e. The van der Waals surface area contributed by atoms with Crippen LogP contribution in [0.25, 0.3) is 10.9 Å². The van der Waals surface area contributed by atoms with Crippen molar-refractivity contribution in [1.29, 1.82) is 0 Å². The normalized spacial score (nSPS) is 19.7. The number of aromatic amines is 1. The van der Waals surface area contributed by atoms with E-state index in [1.54, 1.807) is 4.90 Å². The Morgan fingerprint density at radius 3 is 2.83 bits per heavy atom. The molecule has 1 aliphatic heterocycles. The van der Waals surface area contributed by atoms with Crippen LogP contribution in [0.2, 0.25) is 0 Å². The van der Waals surface area contributed by atoms with E-state index >= 15 is 0 Å². The lowest BCUT2D eigenvalue weighted by molar-refractivity contribution is -0.130. The molecule has 1 aliphatic rings. The number of nitrogens with two attached hydrogens (primary N) is 1. The average molecular weight is 314 g/mol. The number of carbonyl (C=O) groups excluding carboxylic acids is 2. The summed E-state index contributed by atoms with van der Waals surface area (Å²) in [6.07, 6.45) is 1.92. The topological polar surface area (TPSA) is 82.4 Å². The van der Waals surface area contributed by atoms with Crippen molar-refractivity contribution in [2.45, 2.75) is 13.5 Å². The lowest BCUT2D eigenvalue weighted by Gasteiger charge is -2.22. The van der Waals surface area contributed by atoms with Gasteiger partial charge in [-0.05, 0) is 23.1 Å². The van der Waals surface area contributed by atoms with Crippen molar-refractivity contribution in [2.24, 2.45) is 11.7 Å². The number of H-pyrrole nitrogens is 1. The first-order valence-electron chi connectivity index (χ1n) is 7.86. The monoisotopic (exact) mass is 314 g/mol. The quantitative estimate of drug-likeness (QED) is 0.884. The van der Waals surface area contributed by atoms with Crippen LogP contribution < -0.4 is 5.73 Å². The molecule has 2 heterocycles. The molecule has 2 aromatic rings. The maximum atomic E-state index is 11.7. The number of nitrogens with zero attached hydrogens (tertiary/aromatic N) is 2. The molecule has 2 amide bonds. The van der Waals surface area contributed by atoms with Crippen LogP contribution in [-0.2, 0) is 16.1 Å². The van der Waals surface area contributed by atoms with E-state index in [2.05, 4.69) is 28.1 Å². The highest BCUT2D eigenvalue weighted by Gasteiger charge is 2.27. The van der Waals surface area contributed by atoms with Crippen LogP contribution in [0.3, 0.4) is 0 Å². The van der Waals surface area contributed by atoms with E-state index in [0.29, 0.717) is 19.6 Å². The van der Waals surface area contributed by atoms with Crippen LogP contribution in [-0.4, -0.2) is 52.8 Å². The van der Waals surface area contributed by atoms with Crippen molar-refractivity contribution >= 4 is 22.7 Å². The summed E-state index contributed by atoms with van der Waals surface area (Å²) in [5.74, 6) is -0.676. The van der Waals surface area contributed by atoms with Crippen LogP contribution in [0.5, 0.6) is 0 Å². The molecule has 23 heavy (non-hydrogen) atoms. The number of hydrogen-bond acceptors (Lipinski definition) is 3. The van der Waals surface area contributed by atoms with Gasteiger partial charge in [-0.3, -0.25) is 14.5 Å². The number of primary amides is 1. The van der Waals surface area contributed by atoms with Crippen LogP contribution >= 0.6 is 0 Å². The number of amides is 2. The molecule has 3 rings (SSSR count). The second-order valence-corrected chi connectivity index (χ2v) is 6.20. The summed E-state index contributed by atoms with van der Waals surface area (Å²) in [6, 6.07) is 8.36. The summed E-state index contributed by atoms with van der Waals surface area (Å²) in [7, 11) is 0. The van der Waals surface area contributed by atoms with Crippen LogP contribution in [0.4, 0.5) is 0 Å². The summed E-state index contributed by atoms with van der Waals surface area (Å²) in [4.78, 5) is 30.4. The number of hydrogen-bond donors (Lipinski definition) is 2. The van der Waals surface area contributed by atoms with Crippen LogP contribution in [0, 0.1) is 5.92 Å². The third-order valence-corrected chi connectivity index (χ3v) is 4.48. The van der Waals surface area contributed by atoms with Gasteiger partial charge in [-0.25, -0.2) is 0 Å². The van der Waals surface area contributed by atoms with Crippen molar-refractivity contribution in [2.75, 3.05) is 26.2 Å². The highest BCUT2D eigenvalue weighted by molar-refractivity contribution is 5.80. The lowest BCUT2D eigenvalue weighted by atomic mass is 10.1. The first-order valence-corrected chi connectivity index (χ1v) is 7.86. The van der Waals surface area contributed by atoms with Gasteiger partial charge in [0.1, 0.15) is 0 Å². The number of carbonyl (C=O) groups is 2. The third kappa shape index (κ3) is 3.53. The van der Waals surface area contributed by atoms with Gasteiger partial charge in [0.2, 0.25) is 11.8 Å². The summed E-state index contributed by atoms with van der Waals surface area (Å²) in [5.41, 5.74) is 7.79. The van der Waals surface area contributed by atoms with Gasteiger partial charge >= 0.3 is 0 Å². The number of aromatic nitrogens is 1. The molecule has 1 aromatic heterocycles. The van der Waals surface area contributed by atoms with Crippen LogP contribution in [0.15, 0.2) is 30.5 Å². The van der Waals surface area contributed by atoms with E-state index in [1.165, 1.54) is 17.9 Å². The Morgan fingerprint density at radius 2 is 2.09 bits per heavy atom. The maximum Gasteiger partial charge on any atom is 0.223 e. The SMILES string of the molecule is CC(=O)N1CCN(Cc2ccc3cc[nH]c3c2)CC(C(N)=O)C1. The maximum absolute atomic E-state index is 11.7. The zero-order valence-corrected chi connectivity index (χ0v) is 13.3. The van der Waals surface area contributed by atoms with E-state index in [0.717, 1.165) is 18.6 Å². The minimum absolute atomic E-state index is 0.00842. The van der Waals surface area contributed by atoms with Gasteiger partial charge in [-0.1, -0.05) is 12.1 Å². The van der Waals surface area contributed by atoms with Crippen molar-refractivity contribution in [3.8, 4) is 0 Å². The Morgan fingerprint density at radius 1 is 1.26 bits per heavy atom. The predicted molar refractivity (Wildman–Crippen MR) is 88.5 cm³/mol. The number of benzene rings is 1. The van der Waals surface area contributed by atoms with Gasteiger partial charge in [0.15, 0.2) is 0 Å². The molecule has 1 fully saturated rings. The van der Waals surface area contributed by atoms with Crippen molar-refractivity contribution in [1.82, 2.24) is 14.8 Å². The molecule has 122 valence electrons. The van der Waals surface area contributed by atoms with E-state index in [1.807, 2.05) is 12.3 Å². The summed E-state index contributed by atoms with van der Waals surface area (Å²) in [5, 5.41) is 1.18. The molecule has 0 spiro atoms. The Hall–Kier alpha value is -2.34. The van der Waals surface area contributed by atoms with Gasteiger partial charge < -0.3 is 15.6 Å². The zero-order valence-electron chi connectivity index (χ0n) is 13.3. The predicted octanol–water partition coefficient (Wildman–Crippen LogP) is 0.933. The Labute approximate surface area is 135 Å². The molecule has 0 radical (unpaired) electrons. The summed E-state index contributed by atoms with van der Waals surface area (Å²) in [6.45, 7) is 4.64. The lowest BCUT2D eigenvalue weighted by Crippen LogP contribution is -2.39. The molecule has 0 saturated carbocycles. The number of fused-ring (bicyclic) bond motifs is 1. The zero-order chi connectivity index (χ0) is 16.4. The van der Waals surface area contributed by atoms with Gasteiger partial charge in [-0.15, -0.1) is 0 Å². The molecular formula is C17H22N4O2. The summed E-state index contributed by atoms with van der Waals surface area (Å²) < 4.78 is 0. The highest BCUT2D eigenvalue weighted by Crippen LogP contribution is 2.17. The number of rotatable bonds is 3. The van der Waals surface area contributed by atoms with Crippen molar-refractivity contribution in [3.63, 3.8) is 0 Å². The average Bonchev–Trinajstić information content (AvgIpc) is 2.85. The fourth-order valence-electron chi connectivity index (χ4n) is 3.14. The minimum Gasteiger partial charge on any atom is -0.369 e. The van der Waals surface area contributed by atoms with Gasteiger partial charge in [-0.2, -0.15) is 0 Å². The van der Waals surface area contributed by atoms with Crippen molar-refractivity contribution < 1.29 is 9.59 Å². The molecule has 1 unspecified atom stereocenters. The second kappa shape index (κ2) is 6.42. The fourth-order valence-corrected chi connectivity index (χ4v) is 3.14. The molecule has 1 saturated heterocycles. The third-order valence-electron chi connectivity index (χ3n) is 4.48. The van der Waals surface area contributed by atoms with E-state index in [9.17, 15) is 9.59 Å². The minimum atomic E-state index is -0.344. The van der Waals surface area contributed by atoms with Crippen LogP contribution in [0.1, 0.15) is 12.5 Å². The molecule has 0 bridgehead atoms. The second-order valence-electron chi connectivity index (χ2n) is 6.20. The van der Waals surface area contributed by atoms with Crippen molar-refractivity contribution in [3.05, 3.63) is 36.0 Å².